The molecular weight excluding hydrogens is 246 g/mol. The second-order valence-corrected chi connectivity index (χ2v) is 6.13. The first kappa shape index (κ1) is 13.2. The van der Waals surface area contributed by atoms with E-state index in [-0.39, 0.29) is 0 Å². The third-order valence-electron chi connectivity index (χ3n) is 4.37. The van der Waals surface area contributed by atoms with Crippen molar-refractivity contribution >= 4 is 5.69 Å². The SMILES string of the molecule is Cc1cc(C)c(-c2nn(C3CCCC3)cc2N)c(C)c1. The van der Waals surface area contributed by atoms with E-state index in [1.807, 2.05) is 6.20 Å². The normalized spacial score (nSPS) is 15.9. The monoisotopic (exact) mass is 269 g/mol. The molecule has 3 nitrogen and oxygen atoms in total. The van der Waals surface area contributed by atoms with Gasteiger partial charge in [-0.15, -0.1) is 0 Å². The summed E-state index contributed by atoms with van der Waals surface area (Å²) in [6.45, 7) is 6.41. The van der Waals surface area contributed by atoms with Crippen LogP contribution in [0.4, 0.5) is 5.69 Å². The standard InChI is InChI=1S/C17H23N3/c1-11-8-12(2)16(13(3)9-11)17-15(18)10-20(19-17)14-6-4-5-7-14/h8-10,14H,4-7,18H2,1-3H3. The fourth-order valence-electron chi connectivity index (χ4n) is 3.51. The summed E-state index contributed by atoms with van der Waals surface area (Å²) in [5, 5.41) is 4.81. The van der Waals surface area contributed by atoms with E-state index in [1.165, 1.54) is 47.9 Å². The molecule has 1 aromatic carbocycles. The van der Waals surface area contributed by atoms with E-state index in [2.05, 4.69) is 37.6 Å². The van der Waals surface area contributed by atoms with Crippen LogP contribution >= 0.6 is 0 Å². The summed E-state index contributed by atoms with van der Waals surface area (Å²) in [6.07, 6.45) is 7.09. The zero-order chi connectivity index (χ0) is 14.3. The van der Waals surface area contributed by atoms with E-state index in [1.54, 1.807) is 0 Å². The van der Waals surface area contributed by atoms with Crippen molar-refractivity contribution in [1.29, 1.82) is 0 Å². The Morgan fingerprint density at radius 2 is 1.70 bits per heavy atom. The fraction of sp³-hybridized carbons (Fsp3) is 0.471. The molecule has 106 valence electrons. The number of anilines is 1. The van der Waals surface area contributed by atoms with Crippen LogP contribution in [-0.2, 0) is 0 Å². The Hall–Kier alpha value is -1.77. The molecule has 0 amide bonds. The Bertz CT molecular complexity index is 611. The summed E-state index contributed by atoms with van der Waals surface area (Å²) in [6, 6.07) is 4.95. The van der Waals surface area contributed by atoms with Crippen molar-refractivity contribution in [2.24, 2.45) is 0 Å². The molecule has 1 aliphatic rings. The third-order valence-corrected chi connectivity index (χ3v) is 4.37. The maximum absolute atomic E-state index is 6.23. The minimum Gasteiger partial charge on any atom is -0.396 e. The molecule has 1 saturated carbocycles. The molecule has 1 aliphatic carbocycles. The molecule has 3 rings (SSSR count). The molecule has 0 spiro atoms. The Kier molecular flexibility index (Phi) is 3.28. The lowest BCUT2D eigenvalue weighted by Crippen LogP contribution is -2.05. The minimum atomic E-state index is 0.539. The van der Waals surface area contributed by atoms with Crippen LogP contribution in [0.5, 0.6) is 0 Å². The number of hydrogen-bond donors (Lipinski definition) is 1. The molecule has 1 fully saturated rings. The van der Waals surface area contributed by atoms with E-state index in [4.69, 9.17) is 10.8 Å². The number of nitrogens with zero attached hydrogens (tertiary/aromatic N) is 2. The van der Waals surface area contributed by atoms with Crippen LogP contribution in [0.2, 0.25) is 0 Å². The highest BCUT2D eigenvalue weighted by Crippen LogP contribution is 2.35. The van der Waals surface area contributed by atoms with Gasteiger partial charge in [-0.25, -0.2) is 0 Å². The highest BCUT2D eigenvalue weighted by Gasteiger charge is 2.21. The molecule has 2 aromatic rings. The highest BCUT2D eigenvalue weighted by molar-refractivity contribution is 5.77. The van der Waals surface area contributed by atoms with Crippen molar-refractivity contribution in [2.75, 3.05) is 5.73 Å². The number of nitrogens with two attached hydrogens (primary N) is 1. The Morgan fingerprint density at radius 1 is 1.10 bits per heavy atom. The van der Waals surface area contributed by atoms with Crippen molar-refractivity contribution in [3.05, 3.63) is 35.0 Å². The van der Waals surface area contributed by atoms with Gasteiger partial charge in [0.2, 0.25) is 0 Å². The Balaban J connectivity index is 2.06. The molecule has 0 bridgehead atoms. The first-order chi connectivity index (χ1) is 9.56. The number of aromatic nitrogens is 2. The van der Waals surface area contributed by atoms with Gasteiger partial charge in [-0.2, -0.15) is 5.10 Å². The zero-order valence-corrected chi connectivity index (χ0v) is 12.6. The summed E-state index contributed by atoms with van der Waals surface area (Å²) in [7, 11) is 0. The van der Waals surface area contributed by atoms with E-state index in [0.29, 0.717) is 6.04 Å². The second kappa shape index (κ2) is 4.97. The maximum Gasteiger partial charge on any atom is 0.116 e. The summed E-state index contributed by atoms with van der Waals surface area (Å²) in [5.74, 6) is 0. The number of hydrogen-bond acceptors (Lipinski definition) is 2. The molecule has 3 heteroatoms. The van der Waals surface area contributed by atoms with Crippen LogP contribution in [0.25, 0.3) is 11.3 Å². The minimum absolute atomic E-state index is 0.539. The van der Waals surface area contributed by atoms with Gasteiger partial charge in [-0.3, -0.25) is 4.68 Å². The van der Waals surface area contributed by atoms with Crippen LogP contribution < -0.4 is 5.73 Å². The molecule has 2 N–H and O–H groups in total. The molecule has 0 aliphatic heterocycles. The predicted molar refractivity (Wildman–Crippen MR) is 83.8 cm³/mol. The van der Waals surface area contributed by atoms with Gasteiger partial charge in [-0.1, -0.05) is 30.5 Å². The quantitative estimate of drug-likeness (QED) is 0.889. The van der Waals surface area contributed by atoms with E-state index < -0.39 is 0 Å². The van der Waals surface area contributed by atoms with Crippen LogP contribution in [0, 0.1) is 20.8 Å². The van der Waals surface area contributed by atoms with Gasteiger partial charge >= 0.3 is 0 Å². The molecule has 0 atom stereocenters. The maximum atomic E-state index is 6.23. The summed E-state index contributed by atoms with van der Waals surface area (Å²) in [5.41, 5.74) is 13.0. The van der Waals surface area contributed by atoms with Gasteiger partial charge in [0, 0.05) is 11.8 Å². The number of aryl methyl sites for hydroxylation is 3. The number of benzene rings is 1. The van der Waals surface area contributed by atoms with Gasteiger partial charge in [0.15, 0.2) is 0 Å². The molecule has 0 radical (unpaired) electrons. The van der Waals surface area contributed by atoms with Gasteiger partial charge in [-0.05, 0) is 44.7 Å². The smallest absolute Gasteiger partial charge is 0.116 e. The number of nitrogen functional groups attached to an aromatic ring is 1. The van der Waals surface area contributed by atoms with Crippen molar-refractivity contribution in [3.63, 3.8) is 0 Å². The first-order valence-corrected chi connectivity index (χ1v) is 7.49. The highest BCUT2D eigenvalue weighted by atomic mass is 15.3. The molecule has 0 unspecified atom stereocenters. The lowest BCUT2D eigenvalue weighted by atomic mass is 9.97. The van der Waals surface area contributed by atoms with Crippen molar-refractivity contribution < 1.29 is 0 Å². The van der Waals surface area contributed by atoms with Gasteiger partial charge in [0.25, 0.3) is 0 Å². The molecule has 20 heavy (non-hydrogen) atoms. The van der Waals surface area contributed by atoms with Crippen LogP contribution in [0.1, 0.15) is 48.4 Å². The summed E-state index contributed by atoms with van der Waals surface area (Å²) >= 11 is 0. The second-order valence-electron chi connectivity index (χ2n) is 6.13. The Morgan fingerprint density at radius 3 is 2.30 bits per heavy atom. The molecule has 1 heterocycles. The van der Waals surface area contributed by atoms with Gasteiger partial charge < -0.3 is 5.73 Å². The van der Waals surface area contributed by atoms with E-state index in [0.717, 1.165) is 11.4 Å². The summed E-state index contributed by atoms with van der Waals surface area (Å²) < 4.78 is 2.09. The first-order valence-electron chi connectivity index (χ1n) is 7.49. The topological polar surface area (TPSA) is 43.8 Å². The zero-order valence-electron chi connectivity index (χ0n) is 12.6. The lowest BCUT2D eigenvalue weighted by molar-refractivity contribution is 0.468. The van der Waals surface area contributed by atoms with Crippen LogP contribution in [-0.4, -0.2) is 9.78 Å². The summed E-state index contributed by atoms with van der Waals surface area (Å²) in [4.78, 5) is 0. The van der Waals surface area contributed by atoms with Crippen molar-refractivity contribution in [1.82, 2.24) is 9.78 Å². The van der Waals surface area contributed by atoms with Gasteiger partial charge in [0.1, 0.15) is 5.69 Å². The van der Waals surface area contributed by atoms with Crippen LogP contribution in [0.3, 0.4) is 0 Å². The molecular formula is C17H23N3. The predicted octanol–water partition coefficient (Wildman–Crippen LogP) is 4.17. The fourth-order valence-corrected chi connectivity index (χ4v) is 3.51. The molecule has 1 aromatic heterocycles. The third kappa shape index (κ3) is 2.21. The molecule has 0 saturated heterocycles. The van der Waals surface area contributed by atoms with E-state index in [9.17, 15) is 0 Å². The van der Waals surface area contributed by atoms with E-state index >= 15 is 0 Å². The average molecular weight is 269 g/mol. The number of rotatable bonds is 2. The largest absolute Gasteiger partial charge is 0.396 e. The van der Waals surface area contributed by atoms with Crippen LogP contribution in [0.15, 0.2) is 18.3 Å². The van der Waals surface area contributed by atoms with Crippen molar-refractivity contribution in [3.8, 4) is 11.3 Å². The Labute approximate surface area is 120 Å². The lowest BCUT2D eigenvalue weighted by Gasteiger charge is -2.11. The average Bonchev–Trinajstić information content (AvgIpc) is 2.98. The van der Waals surface area contributed by atoms with Crippen molar-refractivity contribution in [2.45, 2.75) is 52.5 Å². The van der Waals surface area contributed by atoms with Gasteiger partial charge in [0.05, 0.1) is 11.7 Å².